The third-order valence-electron chi connectivity index (χ3n) is 13.4. The van der Waals surface area contributed by atoms with Crippen LogP contribution in [0.5, 0.6) is 0 Å². The van der Waals surface area contributed by atoms with E-state index < -0.39 is 30.0 Å². The summed E-state index contributed by atoms with van der Waals surface area (Å²) in [5, 5.41) is 13.6. The molecule has 1 aromatic carbocycles. The number of alkyl halides is 2. The summed E-state index contributed by atoms with van der Waals surface area (Å²) in [6.07, 6.45) is 8.72. The highest BCUT2D eigenvalue weighted by molar-refractivity contribution is 6.08. The van der Waals surface area contributed by atoms with Gasteiger partial charge in [-0.05, 0) is 82.0 Å². The van der Waals surface area contributed by atoms with E-state index >= 15 is 0 Å². The molecule has 4 saturated heterocycles. The Bertz CT molecular complexity index is 2710. The van der Waals surface area contributed by atoms with Crippen LogP contribution in [0.1, 0.15) is 97.9 Å². The van der Waals surface area contributed by atoms with E-state index in [4.69, 9.17) is 14.5 Å². The monoisotopic (exact) mass is 865 g/mol. The van der Waals surface area contributed by atoms with Gasteiger partial charge in [-0.15, -0.1) is 0 Å². The fourth-order valence-electron chi connectivity index (χ4n) is 10.2. The van der Waals surface area contributed by atoms with Gasteiger partial charge in [0.1, 0.15) is 24.0 Å². The highest BCUT2D eigenvalue weighted by Gasteiger charge is 2.40. The fraction of sp³-hybridized carbons (Fsp3) is 0.523. The van der Waals surface area contributed by atoms with Crippen LogP contribution in [0.4, 0.5) is 20.3 Å². The number of nitrogens with one attached hydrogen (secondary N) is 2. The molecule has 2 N–H and O–H groups in total. The number of aromatic nitrogens is 7. The number of amides is 3. The van der Waals surface area contributed by atoms with Gasteiger partial charge in [0.15, 0.2) is 11.3 Å². The zero-order valence-electron chi connectivity index (χ0n) is 34.9. The summed E-state index contributed by atoms with van der Waals surface area (Å²) in [6.45, 7) is 4.28. The predicted molar refractivity (Wildman–Crippen MR) is 226 cm³/mol. The number of ether oxygens (including phenoxy) is 2. The van der Waals surface area contributed by atoms with Gasteiger partial charge in [-0.3, -0.25) is 33.5 Å². The smallest absolute Gasteiger partial charge is 0.329 e. The van der Waals surface area contributed by atoms with Gasteiger partial charge in [0, 0.05) is 45.5 Å². The van der Waals surface area contributed by atoms with Gasteiger partial charge in [0.05, 0.1) is 59.4 Å². The minimum atomic E-state index is -2.87. The molecule has 1 aliphatic carbocycles. The number of morpholine rings is 1. The third-order valence-corrected chi connectivity index (χ3v) is 13.4. The van der Waals surface area contributed by atoms with E-state index in [1.165, 1.54) is 26.0 Å². The molecule has 330 valence electrons. The van der Waals surface area contributed by atoms with Crippen LogP contribution in [-0.4, -0.2) is 114 Å². The standard InChI is InChI=1S/C44H49F2N11O6/c1-52-39-27(5-2-8-34(39)57(44(52)61)35-13-14-37(58)50-43(35)60)6-4-18-62-30-7-3-16-53(22-30)21-26-9-11-28(12-10-26)56-24-33(38(51-56)40(45)46)48-42(59)32-20-47-55-17-15-36(49-41(32)55)54-23-31-19-29(54)25-63-31/h2,5,8,15,17,20,24,26,28-31,35,40H,3,7,9-14,16,18-19,21-23,25H2,1H3,(H,48,59)(H,50,58,60)/t26?,28?,29-,30+,31-,35?/m1/s1. The average molecular weight is 866 g/mol. The van der Waals surface area contributed by atoms with Crippen molar-refractivity contribution in [1.82, 2.24) is 43.7 Å². The number of nitrogens with zero attached hydrogens (tertiary/aromatic N) is 9. The van der Waals surface area contributed by atoms with Gasteiger partial charge in [-0.2, -0.15) is 10.2 Å². The fourth-order valence-corrected chi connectivity index (χ4v) is 10.2. The van der Waals surface area contributed by atoms with Crippen molar-refractivity contribution in [2.45, 2.75) is 94.5 Å². The van der Waals surface area contributed by atoms with Crippen molar-refractivity contribution in [2.75, 3.05) is 49.6 Å². The van der Waals surface area contributed by atoms with Gasteiger partial charge < -0.3 is 24.6 Å². The number of anilines is 2. The SMILES string of the molecule is Cn1c(=O)n(C2CCC(=O)NC2=O)c2cccc(C#CCO[C@H]3CCCN(CC4CCC(n5cc(NC(=O)c6cnn7ccc(N8C[C@H]9C[C@@H]8CO9)nc67)c(C(F)F)n5)CC4)C3)c21. The van der Waals surface area contributed by atoms with E-state index in [1.54, 1.807) is 30.1 Å². The molecule has 63 heavy (non-hydrogen) atoms. The third kappa shape index (κ3) is 8.00. The zero-order valence-corrected chi connectivity index (χ0v) is 34.9. The lowest BCUT2D eigenvalue weighted by Crippen LogP contribution is -2.44. The van der Waals surface area contributed by atoms with Crippen LogP contribution in [0.3, 0.4) is 0 Å². The summed E-state index contributed by atoms with van der Waals surface area (Å²) in [7, 11) is 1.66. The lowest BCUT2D eigenvalue weighted by molar-refractivity contribution is -0.135. The number of likely N-dealkylation sites (tertiary alicyclic amines) is 1. The molecule has 2 bridgehead atoms. The molecule has 1 saturated carbocycles. The minimum absolute atomic E-state index is 0.0165. The summed E-state index contributed by atoms with van der Waals surface area (Å²) in [5.74, 6) is 6.08. The lowest BCUT2D eigenvalue weighted by atomic mass is 9.85. The van der Waals surface area contributed by atoms with Crippen LogP contribution in [0.2, 0.25) is 0 Å². The van der Waals surface area contributed by atoms with E-state index in [9.17, 15) is 28.0 Å². The number of hydrogen-bond acceptors (Lipinski definition) is 11. The second kappa shape index (κ2) is 17.0. The molecule has 4 atom stereocenters. The molecule has 8 heterocycles. The van der Waals surface area contributed by atoms with Crippen molar-refractivity contribution in [1.29, 1.82) is 0 Å². The molecule has 3 amide bonds. The number of benzene rings is 1. The van der Waals surface area contributed by atoms with Crippen molar-refractivity contribution in [3.05, 3.63) is 70.2 Å². The average Bonchev–Trinajstić information content (AvgIpc) is 4.13. The maximum Gasteiger partial charge on any atom is 0.329 e. The number of hydrogen-bond donors (Lipinski definition) is 2. The number of halogens is 2. The Hall–Kier alpha value is -5.97. The molecule has 1 unspecified atom stereocenters. The van der Waals surface area contributed by atoms with Crippen molar-refractivity contribution in [3.8, 4) is 11.8 Å². The summed E-state index contributed by atoms with van der Waals surface area (Å²) in [4.78, 5) is 60.5. The number of imidazole rings is 1. The van der Waals surface area contributed by atoms with Gasteiger partial charge in [0.2, 0.25) is 11.8 Å². The molecule has 19 heteroatoms. The molecular weight excluding hydrogens is 817 g/mol. The Morgan fingerprint density at radius 2 is 1.94 bits per heavy atom. The first-order chi connectivity index (χ1) is 30.6. The highest BCUT2D eigenvalue weighted by atomic mass is 19.3. The number of imide groups is 1. The van der Waals surface area contributed by atoms with Crippen molar-refractivity contribution >= 4 is 45.9 Å². The first-order valence-corrected chi connectivity index (χ1v) is 21.9. The maximum absolute atomic E-state index is 14.3. The van der Waals surface area contributed by atoms with Crippen LogP contribution in [0, 0.1) is 17.8 Å². The molecule has 5 aromatic rings. The summed E-state index contributed by atoms with van der Waals surface area (Å²) in [6, 6.07) is 6.70. The lowest BCUT2D eigenvalue weighted by Gasteiger charge is -2.37. The van der Waals surface area contributed by atoms with E-state index in [-0.39, 0.29) is 66.6 Å². The van der Waals surface area contributed by atoms with Gasteiger partial charge in [0.25, 0.3) is 12.3 Å². The summed E-state index contributed by atoms with van der Waals surface area (Å²) in [5.41, 5.74) is 1.58. The largest absolute Gasteiger partial charge is 0.374 e. The Morgan fingerprint density at radius 3 is 2.71 bits per heavy atom. The Morgan fingerprint density at radius 1 is 1.08 bits per heavy atom. The number of para-hydroxylation sites is 1. The Labute approximate surface area is 360 Å². The molecular formula is C44H49F2N11O6. The Kier molecular flexibility index (Phi) is 11.1. The summed E-state index contributed by atoms with van der Waals surface area (Å²) < 4.78 is 46.7. The number of aryl methyl sites for hydroxylation is 1. The second-order valence-electron chi connectivity index (χ2n) is 17.4. The molecule has 5 aliphatic rings. The van der Waals surface area contributed by atoms with E-state index in [0.29, 0.717) is 34.8 Å². The summed E-state index contributed by atoms with van der Waals surface area (Å²) >= 11 is 0. The maximum atomic E-state index is 14.3. The molecule has 0 spiro atoms. The second-order valence-corrected chi connectivity index (χ2v) is 17.4. The first kappa shape index (κ1) is 41.1. The molecule has 4 aliphatic heterocycles. The highest BCUT2D eigenvalue weighted by Crippen LogP contribution is 2.36. The molecule has 0 radical (unpaired) electrons. The number of fused-ring (bicyclic) bond motifs is 4. The van der Waals surface area contributed by atoms with Gasteiger partial charge in [-0.1, -0.05) is 17.9 Å². The van der Waals surface area contributed by atoms with Crippen LogP contribution >= 0.6 is 0 Å². The Balaban J connectivity index is 0.726. The van der Waals surface area contributed by atoms with Crippen molar-refractivity contribution in [2.24, 2.45) is 13.0 Å². The van der Waals surface area contributed by atoms with Crippen molar-refractivity contribution in [3.63, 3.8) is 0 Å². The van der Waals surface area contributed by atoms with Gasteiger partial charge >= 0.3 is 5.69 Å². The van der Waals surface area contributed by atoms with Crippen molar-refractivity contribution < 1.29 is 32.6 Å². The van der Waals surface area contributed by atoms with E-state index in [0.717, 1.165) is 76.9 Å². The van der Waals surface area contributed by atoms with E-state index in [1.807, 2.05) is 12.1 Å². The van der Waals surface area contributed by atoms with Crippen LogP contribution in [0.25, 0.3) is 16.7 Å². The molecule has 10 rings (SSSR count). The zero-order chi connectivity index (χ0) is 43.4. The van der Waals surface area contributed by atoms with Gasteiger partial charge in [-0.25, -0.2) is 23.1 Å². The van der Waals surface area contributed by atoms with E-state index in [2.05, 4.69) is 42.5 Å². The molecule has 17 nitrogen and oxygen atoms in total. The number of piperidine rings is 2. The number of carbonyl (C=O) groups excluding carboxylic acids is 3. The van der Waals surface area contributed by atoms with Crippen LogP contribution in [-0.2, 0) is 26.1 Å². The normalized spacial score (nSPS) is 25.2. The molecule has 5 fully saturated rings. The van der Waals surface area contributed by atoms with Crippen LogP contribution < -0.4 is 21.2 Å². The topological polar surface area (TPSA) is 175 Å². The van der Waals surface area contributed by atoms with Crippen LogP contribution in [0.15, 0.2) is 47.7 Å². The quantitative estimate of drug-likeness (QED) is 0.154. The first-order valence-electron chi connectivity index (χ1n) is 21.9. The number of carbonyl (C=O) groups is 3. The molecule has 4 aromatic heterocycles. The minimum Gasteiger partial charge on any atom is -0.374 e. The predicted octanol–water partition coefficient (Wildman–Crippen LogP) is 3.99. The number of rotatable bonds is 10.